The van der Waals surface area contributed by atoms with E-state index in [1.807, 2.05) is 44.2 Å². The van der Waals surface area contributed by atoms with Gasteiger partial charge in [-0.15, -0.1) is 0 Å². The van der Waals surface area contributed by atoms with E-state index in [4.69, 9.17) is 4.74 Å². The SMILES string of the molecule is C=C(SC(=C)c1cccc2c1CC[C@H]2O)c1ccc(OC(C)C)c(C#N)c1. The summed E-state index contributed by atoms with van der Waals surface area (Å²) in [5.41, 5.74) is 4.62. The molecule has 0 radical (unpaired) electrons. The molecule has 2 aromatic carbocycles. The molecule has 3 rings (SSSR count). The molecule has 1 atom stereocenters. The molecule has 3 nitrogen and oxygen atoms in total. The molecular weight excluding hydrogens is 354 g/mol. The average Bonchev–Trinajstić information content (AvgIpc) is 3.02. The first-order chi connectivity index (χ1) is 12.9. The van der Waals surface area contributed by atoms with Gasteiger partial charge in [0.15, 0.2) is 0 Å². The third-order valence-electron chi connectivity index (χ3n) is 4.57. The van der Waals surface area contributed by atoms with Gasteiger partial charge in [-0.2, -0.15) is 5.26 Å². The lowest BCUT2D eigenvalue weighted by atomic mass is 10.0. The summed E-state index contributed by atoms with van der Waals surface area (Å²) in [7, 11) is 0. The summed E-state index contributed by atoms with van der Waals surface area (Å²) in [6.07, 6.45) is 1.25. The van der Waals surface area contributed by atoms with Gasteiger partial charge in [0.25, 0.3) is 0 Å². The maximum atomic E-state index is 10.1. The van der Waals surface area contributed by atoms with Crippen molar-refractivity contribution in [3.63, 3.8) is 0 Å². The van der Waals surface area contributed by atoms with Crippen molar-refractivity contribution in [3.05, 3.63) is 77.4 Å². The van der Waals surface area contributed by atoms with Gasteiger partial charge in [-0.3, -0.25) is 0 Å². The molecule has 0 unspecified atom stereocenters. The van der Waals surface area contributed by atoms with E-state index in [-0.39, 0.29) is 12.2 Å². The van der Waals surface area contributed by atoms with Crippen molar-refractivity contribution in [2.24, 2.45) is 0 Å². The van der Waals surface area contributed by atoms with E-state index >= 15 is 0 Å². The number of rotatable bonds is 6. The Balaban J connectivity index is 1.80. The predicted molar refractivity (Wildman–Crippen MR) is 112 cm³/mol. The number of benzene rings is 2. The fourth-order valence-electron chi connectivity index (χ4n) is 3.30. The second kappa shape index (κ2) is 8.04. The Kier molecular flexibility index (Phi) is 5.74. The molecular formula is C23H23NO2S. The number of nitriles is 1. The topological polar surface area (TPSA) is 53.2 Å². The lowest BCUT2D eigenvalue weighted by Gasteiger charge is -2.15. The zero-order valence-electron chi connectivity index (χ0n) is 15.7. The predicted octanol–water partition coefficient (Wildman–Crippen LogP) is 5.70. The molecule has 0 heterocycles. The van der Waals surface area contributed by atoms with Gasteiger partial charge in [0.1, 0.15) is 11.8 Å². The highest BCUT2D eigenvalue weighted by Crippen LogP contribution is 2.42. The molecule has 27 heavy (non-hydrogen) atoms. The third-order valence-corrected chi connectivity index (χ3v) is 5.52. The van der Waals surface area contributed by atoms with E-state index in [0.29, 0.717) is 11.3 Å². The average molecular weight is 378 g/mol. The monoisotopic (exact) mass is 377 g/mol. The van der Waals surface area contributed by atoms with Crippen LogP contribution >= 0.6 is 11.8 Å². The Hall–Kier alpha value is -2.48. The zero-order chi connectivity index (χ0) is 19.6. The van der Waals surface area contributed by atoms with Gasteiger partial charge in [0.05, 0.1) is 17.8 Å². The van der Waals surface area contributed by atoms with Crippen molar-refractivity contribution in [3.8, 4) is 11.8 Å². The minimum Gasteiger partial charge on any atom is -0.490 e. The number of hydrogen-bond acceptors (Lipinski definition) is 4. The van der Waals surface area contributed by atoms with Crippen molar-refractivity contribution in [2.75, 3.05) is 0 Å². The lowest BCUT2D eigenvalue weighted by molar-refractivity contribution is 0.180. The first-order valence-corrected chi connectivity index (χ1v) is 9.79. The van der Waals surface area contributed by atoms with Gasteiger partial charge >= 0.3 is 0 Å². The summed E-state index contributed by atoms with van der Waals surface area (Å²) in [5, 5.41) is 19.5. The summed E-state index contributed by atoms with van der Waals surface area (Å²) in [4.78, 5) is 1.72. The Bertz CT molecular complexity index is 940. The van der Waals surface area contributed by atoms with Crippen molar-refractivity contribution in [2.45, 2.75) is 38.9 Å². The van der Waals surface area contributed by atoms with E-state index < -0.39 is 0 Å². The normalized spacial score (nSPS) is 15.3. The van der Waals surface area contributed by atoms with E-state index in [0.717, 1.165) is 39.3 Å². The molecule has 1 N–H and O–H groups in total. The van der Waals surface area contributed by atoms with E-state index in [9.17, 15) is 10.4 Å². The zero-order valence-corrected chi connectivity index (χ0v) is 16.5. The minimum absolute atomic E-state index is 0.0100. The molecule has 1 aliphatic rings. The van der Waals surface area contributed by atoms with Crippen LogP contribution in [0.25, 0.3) is 9.81 Å². The van der Waals surface area contributed by atoms with E-state index in [2.05, 4.69) is 19.2 Å². The molecule has 0 aliphatic heterocycles. The van der Waals surface area contributed by atoms with Gasteiger partial charge in [0, 0.05) is 9.81 Å². The van der Waals surface area contributed by atoms with Crippen LogP contribution in [0.2, 0.25) is 0 Å². The summed E-state index contributed by atoms with van der Waals surface area (Å²) in [6, 6.07) is 13.7. The van der Waals surface area contributed by atoms with Crippen LogP contribution in [0.15, 0.2) is 49.6 Å². The van der Waals surface area contributed by atoms with Crippen LogP contribution in [0.1, 0.15) is 54.2 Å². The highest BCUT2D eigenvalue weighted by molar-refractivity contribution is 8.16. The molecule has 0 bridgehead atoms. The fourth-order valence-corrected chi connectivity index (χ4v) is 4.15. The maximum Gasteiger partial charge on any atom is 0.137 e. The highest BCUT2D eigenvalue weighted by atomic mass is 32.2. The maximum absolute atomic E-state index is 10.1. The molecule has 0 spiro atoms. The van der Waals surface area contributed by atoms with Crippen LogP contribution in [0.3, 0.4) is 0 Å². The molecule has 0 saturated heterocycles. The lowest BCUT2D eigenvalue weighted by Crippen LogP contribution is -2.06. The van der Waals surface area contributed by atoms with Gasteiger partial charge in [-0.05, 0) is 61.1 Å². The number of aliphatic hydroxyl groups is 1. The standard InChI is InChI=1S/C23H23NO2S/c1-14(2)26-23-11-8-17(12-18(23)13-24)15(3)27-16(4)19-6-5-7-21-20(19)9-10-22(21)25/h5-8,11-12,14,22,25H,3-4,9-10H2,1-2H3/t22-/m1/s1. The number of nitrogens with zero attached hydrogens (tertiary/aromatic N) is 1. The molecule has 1 aliphatic carbocycles. The highest BCUT2D eigenvalue weighted by Gasteiger charge is 2.23. The molecule has 4 heteroatoms. The second-order valence-corrected chi connectivity index (χ2v) is 8.06. The van der Waals surface area contributed by atoms with Crippen LogP contribution in [-0.4, -0.2) is 11.2 Å². The first kappa shape index (κ1) is 19.3. The summed E-state index contributed by atoms with van der Waals surface area (Å²) in [5.74, 6) is 0.586. The van der Waals surface area contributed by atoms with Gasteiger partial charge in [-0.1, -0.05) is 49.2 Å². The largest absolute Gasteiger partial charge is 0.490 e. The molecule has 0 amide bonds. The number of ether oxygens (including phenoxy) is 1. The van der Waals surface area contributed by atoms with Crippen LogP contribution in [0.5, 0.6) is 5.75 Å². The molecule has 0 aromatic heterocycles. The van der Waals surface area contributed by atoms with Crippen LogP contribution in [0, 0.1) is 11.3 Å². The van der Waals surface area contributed by atoms with Crippen LogP contribution < -0.4 is 4.74 Å². The van der Waals surface area contributed by atoms with Crippen molar-refractivity contribution in [1.82, 2.24) is 0 Å². The van der Waals surface area contributed by atoms with Gasteiger partial charge in [-0.25, -0.2) is 0 Å². The Morgan fingerprint density at radius 1 is 1.26 bits per heavy atom. The number of hydrogen-bond donors (Lipinski definition) is 1. The third kappa shape index (κ3) is 4.10. The smallest absolute Gasteiger partial charge is 0.137 e. The summed E-state index contributed by atoms with van der Waals surface area (Å²) >= 11 is 1.49. The van der Waals surface area contributed by atoms with Crippen LogP contribution in [0.4, 0.5) is 0 Å². The Morgan fingerprint density at radius 3 is 2.74 bits per heavy atom. The van der Waals surface area contributed by atoms with Crippen LogP contribution in [-0.2, 0) is 6.42 Å². The molecule has 0 fully saturated rings. The molecule has 138 valence electrons. The number of thioether (sulfide) groups is 1. The van der Waals surface area contributed by atoms with E-state index in [1.165, 1.54) is 17.3 Å². The van der Waals surface area contributed by atoms with Gasteiger partial charge < -0.3 is 9.84 Å². The number of aliphatic hydroxyl groups excluding tert-OH is 1. The number of fused-ring (bicyclic) bond motifs is 1. The minimum atomic E-state index is -0.382. The molecule has 0 saturated carbocycles. The quantitative estimate of drug-likeness (QED) is 0.701. The van der Waals surface area contributed by atoms with Gasteiger partial charge in [0.2, 0.25) is 0 Å². The van der Waals surface area contributed by atoms with Crippen molar-refractivity contribution >= 4 is 21.6 Å². The van der Waals surface area contributed by atoms with Crippen molar-refractivity contribution in [1.29, 1.82) is 5.26 Å². The second-order valence-electron chi connectivity index (χ2n) is 6.87. The Morgan fingerprint density at radius 2 is 2.04 bits per heavy atom. The Labute approximate surface area is 165 Å². The van der Waals surface area contributed by atoms with Crippen molar-refractivity contribution < 1.29 is 9.84 Å². The van der Waals surface area contributed by atoms with E-state index in [1.54, 1.807) is 6.07 Å². The first-order valence-electron chi connectivity index (χ1n) is 8.97. The summed E-state index contributed by atoms with van der Waals surface area (Å²) in [6.45, 7) is 12.3. The summed E-state index contributed by atoms with van der Waals surface area (Å²) < 4.78 is 5.68. The molecule has 2 aromatic rings. The fraction of sp³-hybridized carbons (Fsp3) is 0.261.